The van der Waals surface area contributed by atoms with E-state index in [2.05, 4.69) is 33.6 Å². The number of carbonyl (C=O) groups excluding carboxylic acids is 1. The fourth-order valence-corrected chi connectivity index (χ4v) is 6.40. The molecule has 0 aliphatic heterocycles. The van der Waals surface area contributed by atoms with Gasteiger partial charge in [-0.3, -0.25) is 0 Å². The Morgan fingerprint density at radius 3 is 2.55 bits per heavy atom. The third-order valence-corrected chi connectivity index (χ3v) is 7.89. The van der Waals surface area contributed by atoms with E-state index in [1.54, 1.807) is 0 Å². The first-order valence-electron chi connectivity index (χ1n) is 11.6. The molecule has 4 unspecified atom stereocenters. The van der Waals surface area contributed by atoms with Gasteiger partial charge in [-0.1, -0.05) is 71.1 Å². The summed E-state index contributed by atoms with van der Waals surface area (Å²) in [4.78, 5) is 12.9. The van der Waals surface area contributed by atoms with Crippen molar-refractivity contribution in [3.63, 3.8) is 0 Å². The van der Waals surface area contributed by atoms with Crippen molar-refractivity contribution in [2.75, 3.05) is 0 Å². The summed E-state index contributed by atoms with van der Waals surface area (Å²) in [5, 5.41) is 0. The number of hydrogen-bond donors (Lipinski definition) is 0. The van der Waals surface area contributed by atoms with Crippen LogP contribution in [0.2, 0.25) is 0 Å². The molecule has 3 rings (SSSR count). The number of terminal acetylenes is 1. The Balaban J connectivity index is 1.77. The fraction of sp³-hybridized carbons (Fsp3) is 0.667. The Kier molecular flexibility index (Phi) is 6.77. The molecule has 5 atom stereocenters. The van der Waals surface area contributed by atoms with Crippen LogP contribution in [0, 0.1) is 41.4 Å². The highest BCUT2D eigenvalue weighted by Crippen LogP contribution is 2.62. The summed E-state index contributed by atoms with van der Waals surface area (Å²) >= 11 is 0. The second-order valence-electron chi connectivity index (χ2n) is 10.2. The Labute approximate surface area is 177 Å². The molecular formula is C27H38O2. The standard InChI is InChI=1S/C27H38O2/c1-6-27(29-25(28)22-14-8-7-9-15-22)19-11-18-26(5)23(16-17-24(26)27)21(4)13-10-12-20(2)3/h1,7-9,14-15,20-21,23-24H,10-13,16-19H2,2-5H3/t21?,23?,24?,26?,27-/m1/s1. The van der Waals surface area contributed by atoms with Crippen molar-refractivity contribution in [1.29, 1.82) is 0 Å². The third kappa shape index (κ3) is 4.40. The highest BCUT2D eigenvalue weighted by atomic mass is 16.6. The van der Waals surface area contributed by atoms with Gasteiger partial charge in [0.2, 0.25) is 0 Å². The summed E-state index contributed by atoms with van der Waals surface area (Å²) in [6, 6.07) is 9.27. The van der Waals surface area contributed by atoms with E-state index in [1.807, 2.05) is 30.3 Å². The Bertz CT molecular complexity index is 731. The second-order valence-corrected chi connectivity index (χ2v) is 10.2. The van der Waals surface area contributed by atoms with Crippen LogP contribution in [0.4, 0.5) is 0 Å². The number of benzene rings is 1. The van der Waals surface area contributed by atoms with Crippen LogP contribution in [0.25, 0.3) is 0 Å². The number of esters is 1. The van der Waals surface area contributed by atoms with E-state index in [1.165, 1.54) is 32.1 Å². The maximum Gasteiger partial charge on any atom is 0.339 e. The van der Waals surface area contributed by atoms with Gasteiger partial charge in [-0.05, 0) is 67.4 Å². The molecule has 2 heteroatoms. The molecule has 1 aromatic carbocycles. The van der Waals surface area contributed by atoms with Gasteiger partial charge in [-0.25, -0.2) is 4.79 Å². The van der Waals surface area contributed by atoms with Crippen molar-refractivity contribution in [1.82, 2.24) is 0 Å². The van der Waals surface area contributed by atoms with E-state index in [-0.39, 0.29) is 17.3 Å². The number of ether oxygens (including phenoxy) is 1. The molecule has 1 aromatic rings. The molecule has 0 radical (unpaired) electrons. The Morgan fingerprint density at radius 1 is 1.17 bits per heavy atom. The van der Waals surface area contributed by atoms with Crippen LogP contribution in [0.1, 0.15) is 89.4 Å². The van der Waals surface area contributed by atoms with Gasteiger partial charge in [0.1, 0.15) is 0 Å². The summed E-state index contributed by atoms with van der Waals surface area (Å²) in [5.41, 5.74) is -0.00321. The highest BCUT2D eigenvalue weighted by molar-refractivity contribution is 5.89. The van der Waals surface area contributed by atoms with Crippen molar-refractivity contribution in [3.8, 4) is 12.3 Å². The summed E-state index contributed by atoms with van der Waals surface area (Å²) in [5.74, 6) is 5.11. The first-order valence-corrected chi connectivity index (χ1v) is 11.6. The SMILES string of the molecule is C#C[C@@]1(OC(=O)c2ccccc2)CCCC2(C)C(C(C)CCCC(C)C)CCC21. The quantitative estimate of drug-likeness (QED) is 0.371. The van der Waals surface area contributed by atoms with Gasteiger partial charge in [0.05, 0.1) is 5.56 Å². The molecule has 0 bridgehead atoms. The summed E-state index contributed by atoms with van der Waals surface area (Å²) in [6.45, 7) is 9.47. The van der Waals surface area contributed by atoms with Crippen molar-refractivity contribution in [2.24, 2.45) is 29.1 Å². The van der Waals surface area contributed by atoms with E-state index < -0.39 is 5.60 Å². The van der Waals surface area contributed by atoms with Crippen molar-refractivity contribution < 1.29 is 9.53 Å². The topological polar surface area (TPSA) is 26.3 Å². The molecule has 2 aliphatic rings. The summed E-state index contributed by atoms with van der Waals surface area (Å²) in [6.07, 6.45) is 15.3. The van der Waals surface area contributed by atoms with E-state index in [9.17, 15) is 4.79 Å². The van der Waals surface area contributed by atoms with Gasteiger partial charge >= 0.3 is 5.97 Å². The lowest BCUT2D eigenvalue weighted by Crippen LogP contribution is -2.51. The van der Waals surface area contributed by atoms with Crippen LogP contribution in [0.3, 0.4) is 0 Å². The molecule has 0 N–H and O–H groups in total. The molecule has 2 aliphatic carbocycles. The van der Waals surface area contributed by atoms with Gasteiger partial charge in [0.15, 0.2) is 5.60 Å². The second kappa shape index (κ2) is 8.95. The molecule has 2 nitrogen and oxygen atoms in total. The summed E-state index contributed by atoms with van der Waals surface area (Å²) in [7, 11) is 0. The largest absolute Gasteiger partial charge is 0.442 e. The normalized spacial score (nSPS) is 32.4. The predicted octanol–water partition coefficient (Wildman–Crippen LogP) is 6.89. The van der Waals surface area contributed by atoms with Crippen LogP contribution in [-0.2, 0) is 4.74 Å². The minimum atomic E-state index is -0.758. The van der Waals surface area contributed by atoms with Crippen LogP contribution < -0.4 is 0 Å². The number of rotatable bonds is 7. The average molecular weight is 395 g/mol. The minimum absolute atomic E-state index is 0.166. The number of carbonyl (C=O) groups is 1. The van der Waals surface area contributed by atoms with E-state index in [0.717, 1.165) is 25.2 Å². The van der Waals surface area contributed by atoms with Crippen molar-refractivity contribution in [2.45, 2.75) is 84.7 Å². The number of fused-ring (bicyclic) bond motifs is 1. The maximum absolute atomic E-state index is 12.9. The van der Waals surface area contributed by atoms with E-state index in [0.29, 0.717) is 17.4 Å². The predicted molar refractivity (Wildman–Crippen MR) is 119 cm³/mol. The lowest BCUT2D eigenvalue weighted by Gasteiger charge is -2.50. The van der Waals surface area contributed by atoms with Crippen LogP contribution in [0.15, 0.2) is 30.3 Å². The zero-order chi connectivity index (χ0) is 21.1. The van der Waals surface area contributed by atoms with Crippen LogP contribution in [0.5, 0.6) is 0 Å². The van der Waals surface area contributed by atoms with Crippen molar-refractivity contribution in [3.05, 3.63) is 35.9 Å². The highest BCUT2D eigenvalue weighted by Gasteiger charge is 2.59. The van der Waals surface area contributed by atoms with Gasteiger partial charge in [-0.15, -0.1) is 6.42 Å². The molecule has 0 saturated heterocycles. The molecule has 2 saturated carbocycles. The molecule has 29 heavy (non-hydrogen) atoms. The molecule has 158 valence electrons. The molecule has 0 amide bonds. The van der Waals surface area contributed by atoms with Gasteiger partial charge in [0.25, 0.3) is 0 Å². The lowest BCUT2D eigenvalue weighted by atomic mass is 9.57. The lowest BCUT2D eigenvalue weighted by molar-refractivity contribution is -0.0852. The third-order valence-electron chi connectivity index (χ3n) is 7.89. The van der Waals surface area contributed by atoms with Gasteiger partial charge < -0.3 is 4.74 Å². The molecule has 0 spiro atoms. The van der Waals surface area contributed by atoms with Gasteiger partial charge in [0, 0.05) is 5.92 Å². The summed E-state index contributed by atoms with van der Waals surface area (Å²) < 4.78 is 6.16. The van der Waals surface area contributed by atoms with Crippen LogP contribution >= 0.6 is 0 Å². The van der Waals surface area contributed by atoms with E-state index >= 15 is 0 Å². The van der Waals surface area contributed by atoms with Crippen molar-refractivity contribution >= 4 is 5.97 Å². The average Bonchev–Trinajstić information content (AvgIpc) is 3.06. The van der Waals surface area contributed by atoms with E-state index in [4.69, 9.17) is 11.2 Å². The first-order chi connectivity index (χ1) is 13.8. The zero-order valence-electron chi connectivity index (χ0n) is 18.7. The molecule has 2 fully saturated rings. The zero-order valence-corrected chi connectivity index (χ0v) is 18.7. The Morgan fingerprint density at radius 2 is 1.90 bits per heavy atom. The minimum Gasteiger partial charge on any atom is -0.442 e. The first kappa shape index (κ1) is 21.9. The number of hydrogen-bond acceptors (Lipinski definition) is 2. The smallest absolute Gasteiger partial charge is 0.339 e. The van der Waals surface area contributed by atoms with Gasteiger partial charge in [-0.2, -0.15) is 0 Å². The molecule has 0 heterocycles. The Hall–Kier alpha value is -1.75. The maximum atomic E-state index is 12.9. The van der Waals surface area contributed by atoms with Crippen LogP contribution in [-0.4, -0.2) is 11.6 Å². The fourth-order valence-electron chi connectivity index (χ4n) is 6.40. The molecule has 0 aromatic heterocycles. The molecular weight excluding hydrogens is 356 g/mol. The monoisotopic (exact) mass is 394 g/mol.